The third-order valence-electron chi connectivity index (χ3n) is 4.50. The predicted octanol–water partition coefficient (Wildman–Crippen LogP) is 2.78. The largest absolute Gasteiger partial charge is 0.352 e. The lowest BCUT2D eigenvalue weighted by Crippen LogP contribution is -2.30. The molecule has 0 saturated carbocycles. The molecule has 1 aliphatic heterocycles. The van der Waals surface area contributed by atoms with E-state index in [1.54, 1.807) is 6.07 Å². The molecule has 3 rings (SSSR count). The van der Waals surface area contributed by atoms with E-state index in [1.165, 1.54) is 42.8 Å². The minimum Gasteiger partial charge on any atom is -0.352 e. The van der Waals surface area contributed by atoms with E-state index >= 15 is 0 Å². The standard InChI is InChI=1S/C20H25N3O2S/c24-19(9-10-21-20(25)18-4-3-13-26-18)22-14-16-5-7-17(8-6-16)15-23-11-1-2-12-23/h3-8,13H,1-2,9-12,14-15H2,(H,21,25)(H,22,24). The molecule has 0 radical (unpaired) electrons. The summed E-state index contributed by atoms with van der Waals surface area (Å²) in [6.07, 6.45) is 2.89. The van der Waals surface area contributed by atoms with Crippen molar-refractivity contribution in [2.45, 2.75) is 32.4 Å². The van der Waals surface area contributed by atoms with Gasteiger partial charge in [-0.05, 0) is 48.5 Å². The molecule has 2 aromatic rings. The Balaban J connectivity index is 1.34. The molecule has 1 saturated heterocycles. The Hall–Kier alpha value is -2.18. The zero-order valence-corrected chi connectivity index (χ0v) is 15.7. The highest BCUT2D eigenvalue weighted by atomic mass is 32.1. The predicted molar refractivity (Wildman–Crippen MR) is 104 cm³/mol. The second kappa shape index (κ2) is 9.50. The highest BCUT2D eigenvalue weighted by Gasteiger charge is 2.11. The smallest absolute Gasteiger partial charge is 0.261 e. The molecule has 1 fully saturated rings. The van der Waals surface area contributed by atoms with E-state index in [1.807, 2.05) is 11.4 Å². The van der Waals surface area contributed by atoms with E-state index in [0.717, 1.165) is 12.1 Å². The lowest BCUT2D eigenvalue weighted by atomic mass is 10.1. The Bertz CT molecular complexity index is 707. The van der Waals surface area contributed by atoms with Crippen LogP contribution in [0.15, 0.2) is 41.8 Å². The van der Waals surface area contributed by atoms with Crippen LogP contribution in [0.5, 0.6) is 0 Å². The van der Waals surface area contributed by atoms with Gasteiger partial charge in [-0.3, -0.25) is 14.5 Å². The summed E-state index contributed by atoms with van der Waals surface area (Å²) >= 11 is 1.39. The van der Waals surface area contributed by atoms with Crippen LogP contribution in [0.4, 0.5) is 0 Å². The highest BCUT2D eigenvalue weighted by Crippen LogP contribution is 2.13. The van der Waals surface area contributed by atoms with Crippen molar-refractivity contribution in [2.24, 2.45) is 0 Å². The van der Waals surface area contributed by atoms with E-state index in [2.05, 4.69) is 39.8 Å². The van der Waals surface area contributed by atoms with E-state index in [-0.39, 0.29) is 18.2 Å². The van der Waals surface area contributed by atoms with E-state index in [9.17, 15) is 9.59 Å². The molecule has 0 spiro atoms. The maximum atomic E-state index is 11.9. The van der Waals surface area contributed by atoms with Gasteiger partial charge in [-0.1, -0.05) is 30.3 Å². The second-order valence-corrected chi connectivity index (χ2v) is 7.51. The normalized spacial score (nSPS) is 14.3. The zero-order chi connectivity index (χ0) is 18.2. The minimum atomic E-state index is -0.124. The van der Waals surface area contributed by atoms with Gasteiger partial charge in [0.15, 0.2) is 0 Å². The van der Waals surface area contributed by atoms with E-state index in [0.29, 0.717) is 18.0 Å². The first-order valence-corrected chi connectivity index (χ1v) is 9.97. The lowest BCUT2D eigenvalue weighted by molar-refractivity contribution is -0.121. The fourth-order valence-electron chi connectivity index (χ4n) is 3.03. The molecule has 2 heterocycles. The van der Waals surface area contributed by atoms with Gasteiger partial charge in [-0.25, -0.2) is 0 Å². The van der Waals surface area contributed by atoms with Crippen LogP contribution in [0.3, 0.4) is 0 Å². The number of carbonyl (C=O) groups is 2. The fourth-order valence-corrected chi connectivity index (χ4v) is 3.68. The van der Waals surface area contributed by atoms with Crippen LogP contribution in [-0.4, -0.2) is 36.3 Å². The van der Waals surface area contributed by atoms with Crippen molar-refractivity contribution in [3.63, 3.8) is 0 Å². The molecule has 1 aliphatic rings. The molecule has 0 bridgehead atoms. The second-order valence-electron chi connectivity index (χ2n) is 6.56. The Morgan fingerprint density at radius 3 is 2.42 bits per heavy atom. The summed E-state index contributed by atoms with van der Waals surface area (Å²) in [5.41, 5.74) is 2.41. The molecule has 2 amide bonds. The van der Waals surface area contributed by atoms with Crippen LogP contribution in [0.25, 0.3) is 0 Å². The van der Waals surface area contributed by atoms with Gasteiger partial charge in [0.25, 0.3) is 5.91 Å². The van der Waals surface area contributed by atoms with Crippen LogP contribution >= 0.6 is 11.3 Å². The number of thiophene rings is 1. The topological polar surface area (TPSA) is 61.4 Å². The maximum absolute atomic E-state index is 11.9. The minimum absolute atomic E-state index is 0.0578. The molecular weight excluding hydrogens is 346 g/mol. The van der Waals surface area contributed by atoms with Crippen LogP contribution in [-0.2, 0) is 17.9 Å². The molecule has 0 aliphatic carbocycles. The third kappa shape index (κ3) is 5.68. The van der Waals surface area contributed by atoms with Crippen molar-refractivity contribution < 1.29 is 9.59 Å². The van der Waals surface area contributed by atoms with Gasteiger partial charge < -0.3 is 10.6 Å². The fraction of sp³-hybridized carbons (Fsp3) is 0.400. The van der Waals surface area contributed by atoms with Crippen molar-refractivity contribution >= 4 is 23.2 Å². The molecule has 1 aromatic carbocycles. The first-order valence-electron chi connectivity index (χ1n) is 9.09. The van der Waals surface area contributed by atoms with Crippen molar-refractivity contribution in [1.29, 1.82) is 0 Å². The number of nitrogens with one attached hydrogen (secondary N) is 2. The summed E-state index contributed by atoms with van der Waals surface area (Å²) in [5, 5.41) is 7.52. The van der Waals surface area contributed by atoms with Gasteiger partial charge in [0.2, 0.25) is 5.91 Å². The summed E-state index contributed by atoms with van der Waals surface area (Å²) in [4.78, 5) is 26.8. The van der Waals surface area contributed by atoms with Crippen molar-refractivity contribution in [1.82, 2.24) is 15.5 Å². The molecule has 5 nitrogen and oxygen atoms in total. The summed E-state index contributed by atoms with van der Waals surface area (Å²) < 4.78 is 0. The average molecular weight is 372 g/mol. The van der Waals surface area contributed by atoms with Gasteiger partial charge in [-0.2, -0.15) is 0 Å². The maximum Gasteiger partial charge on any atom is 0.261 e. The first kappa shape index (κ1) is 18.6. The number of nitrogens with zero attached hydrogens (tertiary/aromatic N) is 1. The highest BCUT2D eigenvalue weighted by molar-refractivity contribution is 7.12. The van der Waals surface area contributed by atoms with Crippen molar-refractivity contribution in [2.75, 3.05) is 19.6 Å². The molecule has 0 atom stereocenters. The van der Waals surface area contributed by atoms with Gasteiger partial charge in [0.1, 0.15) is 0 Å². The van der Waals surface area contributed by atoms with Gasteiger partial charge in [0.05, 0.1) is 4.88 Å². The summed E-state index contributed by atoms with van der Waals surface area (Å²) in [7, 11) is 0. The monoisotopic (exact) mass is 371 g/mol. The molecule has 1 aromatic heterocycles. The SMILES string of the molecule is O=C(CCNC(=O)c1cccs1)NCc1ccc(CN2CCCC2)cc1. The average Bonchev–Trinajstić information content (AvgIpc) is 3.35. The number of benzene rings is 1. The molecule has 138 valence electrons. The quantitative estimate of drug-likeness (QED) is 0.750. The van der Waals surface area contributed by atoms with E-state index < -0.39 is 0 Å². The Morgan fingerprint density at radius 2 is 1.73 bits per heavy atom. The van der Waals surface area contributed by atoms with Crippen LogP contribution in [0.1, 0.15) is 40.1 Å². The Kier molecular flexibility index (Phi) is 6.80. The molecular formula is C20H25N3O2S. The summed E-state index contributed by atoms with van der Waals surface area (Å²) in [6, 6.07) is 12.0. The molecule has 26 heavy (non-hydrogen) atoms. The van der Waals surface area contributed by atoms with Gasteiger partial charge in [0, 0.05) is 26.1 Å². The van der Waals surface area contributed by atoms with Crippen molar-refractivity contribution in [3.05, 3.63) is 57.8 Å². The number of amides is 2. The lowest BCUT2D eigenvalue weighted by Gasteiger charge is -2.14. The van der Waals surface area contributed by atoms with Gasteiger partial charge in [-0.15, -0.1) is 11.3 Å². The number of likely N-dealkylation sites (tertiary alicyclic amines) is 1. The van der Waals surface area contributed by atoms with E-state index in [4.69, 9.17) is 0 Å². The number of rotatable bonds is 8. The molecule has 2 N–H and O–H groups in total. The molecule has 6 heteroatoms. The summed E-state index contributed by atoms with van der Waals surface area (Å²) in [6.45, 7) is 4.26. The Labute approximate surface area is 158 Å². The van der Waals surface area contributed by atoms with Gasteiger partial charge >= 0.3 is 0 Å². The van der Waals surface area contributed by atoms with Crippen LogP contribution in [0.2, 0.25) is 0 Å². The van der Waals surface area contributed by atoms with Crippen LogP contribution in [0, 0.1) is 0 Å². The number of hydrogen-bond acceptors (Lipinski definition) is 4. The Morgan fingerprint density at radius 1 is 1.00 bits per heavy atom. The summed E-state index contributed by atoms with van der Waals surface area (Å²) in [5.74, 6) is -0.181. The first-order chi connectivity index (χ1) is 12.7. The zero-order valence-electron chi connectivity index (χ0n) is 14.9. The molecule has 0 unspecified atom stereocenters. The third-order valence-corrected chi connectivity index (χ3v) is 5.37. The number of hydrogen-bond donors (Lipinski definition) is 2. The van der Waals surface area contributed by atoms with Crippen LogP contribution < -0.4 is 10.6 Å². The van der Waals surface area contributed by atoms with Crippen molar-refractivity contribution in [3.8, 4) is 0 Å². The number of carbonyl (C=O) groups excluding carboxylic acids is 2.